The van der Waals surface area contributed by atoms with Crippen LogP contribution in [0.2, 0.25) is 5.02 Å². The Morgan fingerprint density at radius 3 is 2.54 bits per heavy atom. The number of hydrogen-bond acceptors (Lipinski definition) is 2. The number of carbonyl (C=O) groups is 1. The maximum atomic E-state index is 10.8. The summed E-state index contributed by atoms with van der Waals surface area (Å²) >= 11 is 5.75. The van der Waals surface area contributed by atoms with Gasteiger partial charge in [-0.15, -0.1) is 0 Å². The maximum Gasteiger partial charge on any atom is 0.306 e. The fourth-order valence-electron chi connectivity index (χ4n) is 1.46. The number of ether oxygens (including phenoxy) is 1. The summed E-state index contributed by atoms with van der Waals surface area (Å²) in [5.41, 5.74) is 1.12. The molecule has 2 rings (SSSR count). The zero-order chi connectivity index (χ0) is 9.26. The van der Waals surface area contributed by atoms with Crippen molar-refractivity contribution in [3.05, 3.63) is 34.9 Å². The molecule has 1 heterocycles. The highest BCUT2D eigenvalue weighted by Crippen LogP contribution is 2.26. The molecule has 0 radical (unpaired) electrons. The molecule has 68 valence electrons. The molecule has 1 saturated heterocycles. The summed E-state index contributed by atoms with van der Waals surface area (Å²) in [5.74, 6) is 0.102. The van der Waals surface area contributed by atoms with Gasteiger partial charge in [-0.05, 0) is 17.7 Å². The van der Waals surface area contributed by atoms with Gasteiger partial charge in [0, 0.05) is 10.9 Å². The largest absolute Gasteiger partial charge is 0.465 e. The van der Waals surface area contributed by atoms with E-state index in [-0.39, 0.29) is 11.9 Å². The minimum absolute atomic E-state index is 0.111. The van der Waals surface area contributed by atoms with Crippen molar-refractivity contribution in [2.75, 3.05) is 6.61 Å². The molecule has 1 aromatic carbocycles. The van der Waals surface area contributed by atoms with Gasteiger partial charge >= 0.3 is 5.97 Å². The Hall–Kier alpha value is -1.02. The molecular weight excluding hydrogens is 188 g/mol. The molecule has 13 heavy (non-hydrogen) atoms. The van der Waals surface area contributed by atoms with E-state index < -0.39 is 0 Å². The third kappa shape index (κ3) is 1.83. The Bertz CT molecular complexity index is 318. The number of benzene rings is 1. The first kappa shape index (κ1) is 8.57. The minimum atomic E-state index is -0.111. The van der Waals surface area contributed by atoms with Crippen LogP contribution in [0.15, 0.2) is 24.3 Å². The lowest BCUT2D eigenvalue weighted by atomic mass is 9.99. The van der Waals surface area contributed by atoms with Gasteiger partial charge in [-0.1, -0.05) is 23.7 Å². The number of carbonyl (C=O) groups excluding carboxylic acids is 1. The van der Waals surface area contributed by atoms with E-state index >= 15 is 0 Å². The standard InChI is InChI=1S/C10H9ClO2/c11-9-3-1-7(2-4-9)8-5-10(12)13-6-8/h1-4,8H,5-6H2/t8-/m0/s1. The van der Waals surface area contributed by atoms with Gasteiger partial charge in [-0.2, -0.15) is 0 Å². The molecule has 1 atom stereocenters. The topological polar surface area (TPSA) is 26.3 Å². The molecule has 0 bridgehead atoms. The van der Waals surface area contributed by atoms with Crippen LogP contribution >= 0.6 is 11.6 Å². The van der Waals surface area contributed by atoms with Crippen LogP contribution in [0.3, 0.4) is 0 Å². The second kappa shape index (κ2) is 3.38. The van der Waals surface area contributed by atoms with Gasteiger partial charge in [-0.3, -0.25) is 4.79 Å². The van der Waals surface area contributed by atoms with Crippen molar-refractivity contribution >= 4 is 17.6 Å². The van der Waals surface area contributed by atoms with Crippen LogP contribution in [-0.4, -0.2) is 12.6 Å². The fraction of sp³-hybridized carbons (Fsp3) is 0.300. The summed E-state index contributed by atoms with van der Waals surface area (Å²) in [6.07, 6.45) is 0.488. The van der Waals surface area contributed by atoms with Gasteiger partial charge in [0.2, 0.25) is 0 Å². The third-order valence-corrected chi connectivity index (χ3v) is 2.45. The predicted molar refractivity (Wildman–Crippen MR) is 49.8 cm³/mol. The van der Waals surface area contributed by atoms with E-state index in [1.165, 1.54) is 0 Å². The second-order valence-electron chi connectivity index (χ2n) is 3.14. The zero-order valence-corrected chi connectivity index (χ0v) is 7.75. The van der Waals surface area contributed by atoms with Crippen molar-refractivity contribution in [2.24, 2.45) is 0 Å². The van der Waals surface area contributed by atoms with Gasteiger partial charge in [0.15, 0.2) is 0 Å². The second-order valence-corrected chi connectivity index (χ2v) is 3.57. The highest BCUT2D eigenvalue weighted by molar-refractivity contribution is 6.30. The van der Waals surface area contributed by atoms with Crippen LogP contribution in [0, 0.1) is 0 Å². The lowest BCUT2D eigenvalue weighted by Crippen LogP contribution is -1.96. The van der Waals surface area contributed by atoms with Crippen LogP contribution in [0.1, 0.15) is 17.9 Å². The van der Waals surface area contributed by atoms with Crippen LogP contribution < -0.4 is 0 Å². The summed E-state index contributed by atoms with van der Waals surface area (Å²) in [4.78, 5) is 10.8. The molecule has 1 fully saturated rings. The molecule has 0 unspecified atom stereocenters. The van der Waals surface area contributed by atoms with Gasteiger partial charge in [-0.25, -0.2) is 0 Å². The molecule has 0 amide bonds. The summed E-state index contributed by atoms with van der Waals surface area (Å²) in [6, 6.07) is 7.54. The first-order chi connectivity index (χ1) is 6.25. The molecule has 0 N–H and O–H groups in total. The molecule has 1 aromatic rings. The average Bonchev–Trinajstić information content (AvgIpc) is 2.53. The molecule has 2 nitrogen and oxygen atoms in total. The van der Waals surface area contributed by atoms with Crippen LogP contribution in [0.5, 0.6) is 0 Å². The van der Waals surface area contributed by atoms with Crippen molar-refractivity contribution in [1.82, 2.24) is 0 Å². The highest BCUT2D eigenvalue weighted by Gasteiger charge is 2.24. The molecule has 0 aromatic heterocycles. The van der Waals surface area contributed by atoms with E-state index in [4.69, 9.17) is 16.3 Å². The zero-order valence-electron chi connectivity index (χ0n) is 7.00. The summed E-state index contributed by atoms with van der Waals surface area (Å²) in [7, 11) is 0. The van der Waals surface area contributed by atoms with E-state index in [9.17, 15) is 4.79 Å². The van der Waals surface area contributed by atoms with Crippen molar-refractivity contribution in [1.29, 1.82) is 0 Å². The van der Waals surface area contributed by atoms with E-state index in [2.05, 4.69) is 0 Å². The Morgan fingerprint density at radius 2 is 2.00 bits per heavy atom. The predicted octanol–water partition coefficient (Wildman–Crippen LogP) is 2.37. The number of hydrogen-bond donors (Lipinski definition) is 0. The highest BCUT2D eigenvalue weighted by atomic mass is 35.5. The average molecular weight is 197 g/mol. The van der Waals surface area contributed by atoms with Crippen molar-refractivity contribution in [3.8, 4) is 0 Å². The number of cyclic esters (lactones) is 1. The minimum Gasteiger partial charge on any atom is -0.465 e. The smallest absolute Gasteiger partial charge is 0.306 e. The molecule has 1 aliphatic rings. The van der Waals surface area contributed by atoms with Crippen molar-refractivity contribution in [2.45, 2.75) is 12.3 Å². The van der Waals surface area contributed by atoms with Crippen molar-refractivity contribution < 1.29 is 9.53 Å². The van der Waals surface area contributed by atoms with Gasteiger partial charge in [0.05, 0.1) is 13.0 Å². The Kier molecular flexibility index (Phi) is 2.23. The first-order valence-corrected chi connectivity index (χ1v) is 4.54. The van der Waals surface area contributed by atoms with E-state index in [0.29, 0.717) is 18.1 Å². The van der Waals surface area contributed by atoms with Gasteiger partial charge in [0.1, 0.15) is 0 Å². The molecule has 3 heteroatoms. The van der Waals surface area contributed by atoms with Gasteiger partial charge in [0.25, 0.3) is 0 Å². The Labute approximate surface area is 81.5 Å². The van der Waals surface area contributed by atoms with E-state index in [0.717, 1.165) is 5.56 Å². The van der Waals surface area contributed by atoms with Crippen LogP contribution in [-0.2, 0) is 9.53 Å². The molecule has 0 aliphatic carbocycles. The fourth-order valence-corrected chi connectivity index (χ4v) is 1.59. The number of rotatable bonds is 1. The summed E-state index contributed by atoms with van der Waals surface area (Å²) in [5, 5.41) is 0.717. The van der Waals surface area contributed by atoms with E-state index in [1.807, 2.05) is 24.3 Å². The molecular formula is C10H9ClO2. The quantitative estimate of drug-likeness (QED) is 0.645. The number of halogens is 1. The van der Waals surface area contributed by atoms with Crippen LogP contribution in [0.4, 0.5) is 0 Å². The SMILES string of the molecule is O=C1C[C@H](c2ccc(Cl)cc2)CO1. The number of esters is 1. The monoisotopic (exact) mass is 196 g/mol. The van der Waals surface area contributed by atoms with Crippen LogP contribution in [0.25, 0.3) is 0 Å². The lowest BCUT2D eigenvalue weighted by molar-refractivity contribution is -0.137. The van der Waals surface area contributed by atoms with Gasteiger partial charge < -0.3 is 4.74 Å². The molecule has 0 spiro atoms. The maximum absolute atomic E-state index is 10.8. The Balaban J connectivity index is 2.17. The first-order valence-electron chi connectivity index (χ1n) is 4.17. The lowest BCUT2D eigenvalue weighted by Gasteiger charge is -2.05. The molecule has 0 saturated carbocycles. The Morgan fingerprint density at radius 1 is 1.31 bits per heavy atom. The summed E-state index contributed by atoms with van der Waals surface area (Å²) < 4.78 is 4.88. The third-order valence-electron chi connectivity index (χ3n) is 2.20. The normalized spacial score (nSPS) is 21.6. The molecule has 1 aliphatic heterocycles. The van der Waals surface area contributed by atoms with Crippen molar-refractivity contribution in [3.63, 3.8) is 0 Å². The van der Waals surface area contributed by atoms with E-state index in [1.54, 1.807) is 0 Å². The summed E-state index contributed by atoms with van der Waals surface area (Å²) in [6.45, 7) is 0.500.